The highest BCUT2D eigenvalue weighted by molar-refractivity contribution is 7.70. The van der Waals surface area contributed by atoms with Gasteiger partial charge in [-0.05, 0) is 74.6 Å². The molecule has 0 atom stereocenters. The molecule has 1 saturated heterocycles. The van der Waals surface area contributed by atoms with Gasteiger partial charge < -0.3 is 25.4 Å². The van der Waals surface area contributed by atoms with Crippen LogP contribution in [0.3, 0.4) is 0 Å². The van der Waals surface area contributed by atoms with Gasteiger partial charge in [-0.3, -0.25) is 9.59 Å². The van der Waals surface area contributed by atoms with Crippen LogP contribution in [0.2, 0.25) is 0 Å². The lowest BCUT2D eigenvalue weighted by Crippen LogP contribution is -2.40. The minimum absolute atomic E-state index is 0.0878. The molecule has 9 nitrogen and oxygen atoms in total. The number of halogens is 3. The second kappa shape index (κ2) is 12.8. The summed E-state index contributed by atoms with van der Waals surface area (Å²) in [7, 11) is -2.80. The van der Waals surface area contributed by atoms with Gasteiger partial charge in [0, 0.05) is 42.4 Å². The molecule has 0 aliphatic carbocycles. The van der Waals surface area contributed by atoms with E-state index in [2.05, 4.69) is 32.5 Å². The highest BCUT2D eigenvalue weighted by atomic mass is 31.2. The van der Waals surface area contributed by atoms with Crippen molar-refractivity contribution in [3.05, 3.63) is 78.5 Å². The van der Waals surface area contributed by atoms with Crippen molar-refractivity contribution in [1.29, 1.82) is 0 Å². The average molecular weight is 601 g/mol. The van der Waals surface area contributed by atoms with Crippen molar-refractivity contribution >= 4 is 47.4 Å². The maximum Gasteiger partial charge on any atom is 0.421 e. The summed E-state index contributed by atoms with van der Waals surface area (Å²) in [5.74, 6) is -0.674. The van der Waals surface area contributed by atoms with Gasteiger partial charge in [-0.15, -0.1) is 0 Å². The SMILES string of the molecule is C=CC(=O)N1CCC(CNC(=O)c2ccc(Nc3ncc(C(F)(F)F)c(Nc4ccccc4P(C)(C)=O)n3)cc2)CC1. The fourth-order valence-electron chi connectivity index (χ4n) is 4.58. The molecule has 1 fully saturated rings. The molecule has 3 N–H and O–H groups in total. The topological polar surface area (TPSA) is 116 Å². The summed E-state index contributed by atoms with van der Waals surface area (Å²) in [6.45, 7) is 8.31. The third kappa shape index (κ3) is 7.76. The Morgan fingerprint density at radius 1 is 1.07 bits per heavy atom. The largest absolute Gasteiger partial charge is 0.421 e. The van der Waals surface area contributed by atoms with E-state index in [1.54, 1.807) is 53.4 Å². The number of aromatic nitrogens is 2. The number of benzene rings is 2. The Hall–Kier alpha value is -4.18. The molecule has 1 aliphatic rings. The predicted octanol–water partition coefficient (Wildman–Crippen LogP) is 5.39. The Labute approximate surface area is 242 Å². The van der Waals surface area contributed by atoms with Gasteiger partial charge in [0.2, 0.25) is 11.9 Å². The van der Waals surface area contributed by atoms with Gasteiger partial charge in [-0.2, -0.15) is 18.2 Å². The van der Waals surface area contributed by atoms with Crippen LogP contribution in [0.15, 0.2) is 67.4 Å². The first-order valence-electron chi connectivity index (χ1n) is 13.3. The summed E-state index contributed by atoms with van der Waals surface area (Å²) in [5.41, 5.74) is 0.0567. The lowest BCUT2D eigenvalue weighted by Gasteiger charge is -2.31. The second-order valence-corrected chi connectivity index (χ2v) is 13.5. The van der Waals surface area contributed by atoms with Gasteiger partial charge in [-0.25, -0.2) is 4.98 Å². The van der Waals surface area contributed by atoms with Crippen molar-refractivity contribution in [2.75, 3.05) is 43.6 Å². The average Bonchev–Trinajstić information content (AvgIpc) is 2.95. The molecule has 0 bridgehead atoms. The number of hydrogen-bond acceptors (Lipinski definition) is 7. The van der Waals surface area contributed by atoms with Crippen LogP contribution in [-0.2, 0) is 15.5 Å². The first-order valence-corrected chi connectivity index (χ1v) is 15.9. The minimum Gasteiger partial charge on any atom is -0.352 e. The van der Waals surface area contributed by atoms with E-state index in [1.165, 1.54) is 19.4 Å². The van der Waals surface area contributed by atoms with Gasteiger partial charge in [0.1, 0.15) is 18.5 Å². The standard InChI is InChI=1S/C29H32F3N6O3P/c1-4-25(39)38-15-13-19(14-16-38)17-33-27(40)20-9-11-21(12-10-20)35-28-34-18-22(29(30,31)32)26(37-28)36-23-7-5-6-8-24(23)42(2,3)41/h4-12,18-19H,1,13-17H2,2-3H3,(H,33,40)(H2,34,35,36,37). The number of alkyl halides is 3. The predicted molar refractivity (Wildman–Crippen MR) is 157 cm³/mol. The Kier molecular flexibility index (Phi) is 9.36. The van der Waals surface area contributed by atoms with Crippen molar-refractivity contribution in [3.63, 3.8) is 0 Å². The molecule has 0 radical (unpaired) electrons. The number of piperidine rings is 1. The molecule has 3 aromatic rings. The third-order valence-corrected chi connectivity index (χ3v) is 8.44. The van der Waals surface area contributed by atoms with E-state index >= 15 is 0 Å². The zero-order valence-corrected chi connectivity index (χ0v) is 24.1. The van der Waals surface area contributed by atoms with Gasteiger partial charge >= 0.3 is 6.18 Å². The van der Waals surface area contributed by atoms with Crippen LogP contribution in [0, 0.1) is 5.92 Å². The monoisotopic (exact) mass is 600 g/mol. The summed E-state index contributed by atoms with van der Waals surface area (Å²) >= 11 is 0. The quantitative estimate of drug-likeness (QED) is 0.223. The molecular weight excluding hydrogens is 568 g/mol. The molecule has 42 heavy (non-hydrogen) atoms. The molecule has 1 aromatic heterocycles. The van der Waals surface area contributed by atoms with Crippen LogP contribution in [0.1, 0.15) is 28.8 Å². The van der Waals surface area contributed by atoms with Gasteiger partial charge in [-0.1, -0.05) is 18.7 Å². The summed E-state index contributed by atoms with van der Waals surface area (Å²) in [6, 6.07) is 12.8. The number of amides is 2. The van der Waals surface area contributed by atoms with E-state index in [0.717, 1.165) is 12.8 Å². The molecule has 222 valence electrons. The molecule has 2 aromatic carbocycles. The first kappa shape index (κ1) is 30.8. The van der Waals surface area contributed by atoms with Gasteiger partial charge in [0.05, 0.1) is 5.69 Å². The number of likely N-dealkylation sites (tertiary alicyclic amines) is 1. The highest BCUT2D eigenvalue weighted by Gasteiger charge is 2.36. The van der Waals surface area contributed by atoms with Crippen molar-refractivity contribution in [2.45, 2.75) is 19.0 Å². The molecule has 0 spiro atoms. The molecule has 0 unspecified atom stereocenters. The van der Waals surface area contributed by atoms with Gasteiger partial charge in [0.15, 0.2) is 0 Å². The number of anilines is 4. The molecule has 2 heterocycles. The van der Waals surface area contributed by atoms with E-state index in [9.17, 15) is 27.3 Å². The Morgan fingerprint density at radius 3 is 2.36 bits per heavy atom. The summed E-state index contributed by atoms with van der Waals surface area (Å²) in [6.07, 6.45) is -1.18. The summed E-state index contributed by atoms with van der Waals surface area (Å²) < 4.78 is 54.0. The normalized spacial score (nSPS) is 14.3. The van der Waals surface area contributed by atoms with Crippen molar-refractivity contribution in [3.8, 4) is 0 Å². The fourth-order valence-corrected chi connectivity index (χ4v) is 5.74. The number of rotatable bonds is 9. The minimum atomic E-state index is -4.73. The third-order valence-electron chi connectivity index (χ3n) is 6.89. The zero-order chi connectivity index (χ0) is 30.5. The number of carbonyl (C=O) groups excluding carboxylic acids is 2. The number of nitrogens with zero attached hydrogens (tertiary/aromatic N) is 3. The second-order valence-electron chi connectivity index (χ2n) is 10.3. The molecule has 13 heteroatoms. The van der Waals surface area contributed by atoms with Crippen LogP contribution in [0.4, 0.5) is 36.3 Å². The molecule has 0 saturated carbocycles. The molecular formula is C29H32F3N6O3P. The molecule has 1 aliphatic heterocycles. The van der Waals surface area contributed by atoms with Crippen LogP contribution in [-0.4, -0.2) is 59.6 Å². The zero-order valence-electron chi connectivity index (χ0n) is 23.2. The first-order chi connectivity index (χ1) is 19.8. The number of para-hydroxylation sites is 1. The smallest absolute Gasteiger partial charge is 0.352 e. The van der Waals surface area contributed by atoms with Crippen LogP contribution < -0.4 is 21.3 Å². The van der Waals surface area contributed by atoms with E-state index in [1.807, 2.05) is 0 Å². The van der Waals surface area contributed by atoms with Crippen molar-refractivity contribution in [2.24, 2.45) is 5.92 Å². The Balaban J connectivity index is 1.42. The fraction of sp³-hybridized carbons (Fsp3) is 0.310. The van der Waals surface area contributed by atoms with Crippen molar-refractivity contribution in [1.82, 2.24) is 20.2 Å². The Bertz CT molecular complexity index is 1500. The number of hydrogen-bond donors (Lipinski definition) is 3. The Morgan fingerprint density at radius 2 is 1.74 bits per heavy atom. The van der Waals surface area contributed by atoms with Gasteiger partial charge in [0.25, 0.3) is 5.91 Å². The van der Waals surface area contributed by atoms with E-state index in [4.69, 9.17) is 0 Å². The van der Waals surface area contributed by atoms with Crippen LogP contribution in [0.25, 0.3) is 0 Å². The van der Waals surface area contributed by atoms with E-state index in [-0.39, 0.29) is 29.4 Å². The number of carbonyl (C=O) groups is 2. The highest BCUT2D eigenvalue weighted by Crippen LogP contribution is 2.40. The van der Waals surface area contributed by atoms with E-state index < -0.39 is 24.7 Å². The van der Waals surface area contributed by atoms with Crippen LogP contribution >= 0.6 is 7.14 Å². The summed E-state index contributed by atoms with van der Waals surface area (Å²) in [5, 5.41) is 8.88. The van der Waals surface area contributed by atoms with E-state index in [0.29, 0.717) is 42.4 Å². The maximum absolute atomic E-state index is 13.8. The lowest BCUT2D eigenvalue weighted by molar-refractivity contribution is -0.137. The number of nitrogens with one attached hydrogen (secondary N) is 3. The van der Waals surface area contributed by atoms with Crippen LogP contribution in [0.5, 0.6) is 0 Å². The maximum atomic E-state index is 13.8. The lowest BCUT2D eigenvalue weighted by atomic mass is 9.96. The molecule has 4 rings (SSSR count). The van der Waals surface area contributed by atoms with Crippen molar-refractivity contribution < 1.29 is 27.3 Å². The molecule has 2 amide bonds. The summed E-state index contributed by atoms with van der Waals surface area (Å²) in [4.78, 5) is 34.0.